The highest BCUT2D eigenvalue weighted by atomic mass is 35.6. The van der Waals surface area contributed by atoms with Crippen molar-refractivity contribution in [2.75, 3.05) is 19.8 Å². The number of alkyl halides is 6. The molecule has 4 aliphatic rings. The zero-order valence-corrected chi connectivity index (χ0v) is 41.7. The molecule has 1 heterocycles. The highest BCUT2D eigenvalue weighted by molar-refractivity contribution is 6.68. The molecule has 3 fully saturated rings. The van der Waals surface area contributed by atoms with E-state index in [9.17, 15) is 39.7 Å². The van der Waals surface area contributed by atoms with Crippen molar-refractivity contribution in [2.45, 2.75) is 109 Å². The molecule has 3 aliphatic carbocycles. The van der Waals surface area contributed by atoms with Crippen LogP contribution >= 0.6 is 69.6 Å². The molecule has 0 unspecified atom stereocenters. The Labute approximate surface area is 424 Å². The van der Waals surface area contributed by atoms with Gasteiger partial charge in [-0.2, -0.15) is 0 Å². The van der Waals surface area contributed by atoms with Crippen molar-refractivity contribution in [3.8, 4) is 0 Å². The van der Waals surface area contributed by atoms with Crippen LogP contribution in [0.3, 0.4) is 0 Å². The number of Topliss-reactive ketones (excluding diaryl/α,β-unsaturated/α-hetero) is 1. The quantitative estimate of drug-likeness (QED) is 0.0386. The normalized spacial score (nSPS) is 30.1. The highest BCUT2D eigenvalue weighted by Crippen LogP contribution is 2.65. The van der Waals surface area contributed by atoms with Gasteiger partial charge >= 0.3 is 30.2 Å². The highest BCUT2D eigenvalue weighted by Gasteiger charge is 2.79. The van der Waals surface area contributed by atoms with Gasteiger partial charge in [-0.3, -0.25) is 9.59 Å². The van der Waals surface area contributed by atoms with E-state index < -0.39 is 147 Å². The SMILES string of the molecule is CC(=O)O[C@@]12CO[C@@H]1C[C@H](OC(=O)OCC(Cl)(Cl)Cl)[C@@]1(C)C(=O)[C@H](OC(=O)OCC(Cl)(Cl)Cl)C3=C(C)[C@@H](OC(=O)[C@H](O)[C@H](N=[N+]=[N-])c4ccccc4)C[C@@](O)([C@@H](OC(=O)c4ccccc4)[C@H]21)C3(C)C. The Morgan fingerprint density at radius 3 is 1.97 bits per heavy atom. The summed E-state index contributed by atoms with van der Waals surface area (Å²) in [7, 11) is 0. The third-order valence-corrected chi connectivity index (χ3v) is 13.8. The molecule has 2 bridgehead atoms. The molecule has 2 aromatic rings. The van der Waals surface area contributed by atoms with Crippen molar-refractivity contribution < 1.29 is 76.9 Å². The number of fused-ring (bicyclic) bond motifs is 5. The molecule has 69 heavy (non-hydrogen) atoms. The number of esters is 3. The summed E-state index contributed by atoms with van der Waals surface area (Å²) in [6.45, 7) is 4.30. The molecule has 2 aromatic carbocycles. The minimum absolute atomic E-state index is 0.0390. The zero-order chi connectivity index (χ0) is 51.1. The lowest BCUT2D eigenvalue weighted by Crippen LogP contribution is -2.82. The number of ketones is 1. The van der Waals surface area contributed by atoms with E-state index in [2.05, 4.69) is 10.0 Å². The number of aliphatic hydroxyl groups is 2. The van der Waals surface area contributed by atoms with Gasteiger partial charge in [0, 0.05) is 30.1 Å². The van der Waals surface area contributed by atoms with E-state index in [1.807, 2.05) is 0 Å². The zero-order valence-electron chi connectivity index (χ0n) is 37.1. The van der Waals surface area contributed by atoms with Crippen LogP contribution in [0.4, 0.5) is 9.59 Å². The molecule has 1 saturated heterocycles. The first-order chi connectivity index (χ1) is 32.1. The minimum atomic E-state index is -2.63. The summed E-state index contributed by atoms with van der Waals surface area (Å²) in [6.07, 6.45) is -15.4. The number of azide groups is 1. The smallest absolute Gasteiger partial charge is 0.456 e. The van der Waals surface area contributed by atoms with Gasteiger partial charge in [-0.1, -0.05) is 137 Å². The maximum atomic E-state index is 16.2. The first-order valence-corrected chi connectivity index (χ1v) is 23.2. The van der Waals surface area contributed by atoms with Crippen molar-refractivity contribution in [3.05, 3.63) is 93.4 Å². The molecular formula is C44H45Cl6N3O16. The van der Waals surface area contributed by atoms with Crippen LogP contribution in [0.15, 0.2) is 76.9 Å². The number of hydrogen-bond donors (Lipinski definition) is 2. The fraction of sp³-hybridized carbons (Fsp3) is 0.545. The molecule has 11 atom stereocenters. The van der Waals surface area contributed by atoms with E-state index in [1.165, 1.54) is 64.1 Å². The van der Waals surface area contributed by atoms with Crippen molar-refractivity contribution >= 4 is 106 Å². The van der Waals surface area contributed by atoms with Crippen LogP contribution in [0.5, 0.6) is 0 Å². The second kappa shape index (κ2) is 20.5. The molecular weight excluding hydrogens is 1040 g/mol. The van der Waals surface area contributed by atoms with Crippen LogP contribution in [0.25, 0.3) is 10.4 Å². The summed E-state index contributed by atoms with van der Waals surface area (Å²) >= 11 is 35.2. The summed E-state index contributed by atoms with van der Waals surface area (Å²) in [5.41, 5.74) is 0.322. The lowest BCUT2D eigenvalue weighted by Gasteiger charge is -2.67. The van der Waals surface area contributed by atoms with Crippen molar-refractivity contribution in [2.24, 2.45) is 21.9 Å². The van der Waals surface area contributed by atoms with Crippen molar-refractivity contribution in [3.63, 3.8) is 0 Å². The standard InChI is InChI=1S/C44H45Cl6N3O16/c1-21-25(65-36(58)30(55)29(52-53-51)23-12-8-6-9-13-23)17-42(61)34(68-35(57)24-14-10-7-11-15-24)32-40(5,33(56)31(28(21)39(42,3)4)67-38(60)64-20-44(48,49)50)26(66-37(59)63-19-43(45,46)47)16-27-41(32,18-62-27)69-22(2)54/h6-15,25-27,29-32,34,55,61H,16-20H2,1-5H3/t25-,26-,27+,29+,30+,31+,32-,34-,40+,41-,42+/m0/s1. The van der Waals surface area contributed by atoms with E-state index in [4.69, 9.17) is 108 Å². The predicted octanol–water partition coefficient (Wildman–Crippen LogP) is 8.11. The molecule has 0 amide bonds. The van der Waals surface area contributed by atoms with Gasteiger partial charge in [0.1, 0.15) is 43.2 Å². The minimum Gasteiger partial charge on any atom is -0.456 e. The summed E-state index contributed by atoms with van der Waals surface area (Å²) in [4.78, 5) is 88.2. The van der Waals surface area contributed by atoms with Gasteiger partial charge in [0.05, 0.1) is 29.5 Å². The van der Waals surface area contributed by atoms with E-state index in [1.54, 1.807) is 24.3 Å². The average Bonchev–Trinajstić information content (AvgIpc) is 3.27. The largest absolute Gasteiger partial charge is 0.509 e. The van der Waals surface area contributed by atoms with E-state index in [-0.39, 0.29) is 22.3 Å². The van der Waals surface area contributed by atoms with Crippen LogP contribution in [-0.4, -0.2) is 121 Å². The van der Waals surface area contributed by atoms with Gasteiger partial charge in [0.15, 0.2) is 23.6 Å². The Bertz CT molecular complexity index is 2410. The summed E-state index contributed by atoms with van der Waals surface area (Å²) in [5, 5.41) is 29.0. The molecule has 1 aliphatic heterocycles. The van der Waals surface area contributed by atoms with E-state index in [0.717, 1.165) is 6.92 Å². The first kappa shape index (κ1) is 54.1. The van der Waals surface area contributed by atoms with Crippen molar-refractivity contribution in [1.82, 2.24) is 0 Å². The topological polar surface area (TPSA) is 265 Å². The summed E-state index contributed by atoms with van der Waals surface area (Å²) in [5.74, 6) is -6.34. The number of hydrogen-bond acceptors (Lipinski definition) is 17. The number of benzene rings is 2. The number of rotatable bonds is 12. The second-order valence-electron chi connectivity index (χ2n) is 17.6. The lowest BCUT2D eigenvalue weighted by atomic mass is 9.44. The van der Waals surface area contributed by atoms with E-state index in [0.29, 0.717) is 0 Å². The molecule has 0 aromatic heterocycles. The number of carbonyl (C=O) groups is 6. The van der Waals surface area contributed by atoms with Gasteiger partial charge in [-0.15, -0.1) is 0 Å². The van der Waals surface area contributed by atoms with Crippen LogP contribution in [-0.2, 0) is 52.3 Å². The van der Waals surface area contributed by atoms with Gasteiger partial charge in [0.2, 0.25) is 7.59 Å². The summed E-state index contributed by atoms with van der Waals surface area (Å²) < 4.78 is 42.1. The number of nitrogens with zero attached hydrogens (tertiary/aromatic N) is 3. The summed E-state index contributed by atoms with van der Waals surface area (Å²) in [6, 6.07) is 13.7. The maximum Gasteiger partial charge on any atom is 0.509 e. The molecule has 2 N–H and O–H groups in total. The average molecular weight is 1080 g/mol. The Hall–Kier alpha value is -4.27. The Morgan fingerprint density at radius 2 is 1.45 bits per heavy atom. The van der Waals surface area contributed by atoms with Crippen molar-refractivity contribution in [1.29, 1.82) is 0 Å². The number of halogens is 6. The number of carbonyl (C=O) groups excluding carboxylic acids is 6. The van der Waals surface area contributed by atoms with Gasteiger partial charge in [-0.25, -0.2) is 19.2 Å². The Morgan fingerprint density at radius 1 is 0.884 bits per heavy atom. The molecule has 374 valence electrons. The van der Waals surface area contributed by atoms with Gasteiger partial charge < -0.3 is 48.1 Å². The number of aliphatic hydroxyl groups excluding tert-OH is 1. The van der Waals surface area contributed by atoms with E-state index >= 15 is 4.79 Å². The fourth-order valence-electron chi connectivity index (χ4n) is 9.92. The number of ether oxygens (including phenoxy) is 8. The molecule has 25 heteroatoms. The third kappa shape index (κ3) is 10.8. The first-order valence-electron chi connectivity index (χ1n) is 20.9. The maximum absolute atomic E-state index is 16.2. The second-order valence-corrected chi connectivity index (χ2v) is 22.6. The van der Waals surface area contributed by atoms with Crippen LogP contribution in [0.1, 0.15) is 69.4 Å². The molecule has 6 rings (SSSR count). The van der Waals surface area contributed by atoms with Gasteiger partial charge in [0.25, 0.3) is 0 Å². The molecule has 19 nitrogen and oxygen atoms in total. The molecule has 0 spiro atoms. The van der Waals surface area contributed by atoms with Crippen LogP contribution in [0, 0.1) is 16.7 Å². The Kier molecular flexibility index (Phi) is 16.0. The third-order valence-electron chi connectivity index (χ3n) is 13.1. The van der Waals surface area contributed by atoms with Crippen LogP contribution < -0.4 is 0 Å². The fourth-order valence-corrected chi connectivity index (χ4v) is 10.2. The molecule has 0 radical (unpaired) electrons. The lowest BCUT2D eigenvalue weighted by molar-refractivity contribution is -0.346. The van der Waals surface area contributed by atoms with Gasteiger partial charge in [-0.05, 0) is 48.2 Å². The Balaban J connectivity index is 1.63. The van der Waals surface area contributed by atoms with Crippen LogP contribution in [0.2, 0.25) is 0 Å². The predicted molar refractivity (Wildman–Crippen MR) is 244 cm³/mol. The monoisotopic (exact) mass is 1080 g/mol. The molecule has 2 saturated carbocycles.